The van der Waals surface area contributed by atoms with Crippen LogP contribution in [-0.4, -0.2) is 54.3 Å². The first-order valence-electron chi connectivity index (χ1n) is 14.8. The lowest BCUT2D eigenvalue weighted by Crippen LogP contribution is -2.27. The second-order valence-corrected chi connectivity index (χ2v) is 11.1. The van der Waals surface area contributed by atoms with Crippen molar-refractivity contribution in [1.29, 1.82) is 0 Å². The number of phosphoric acid groups is 1. The molecule has 10 heteroatoms. The Kier molecular flexibility index (Phi) is 25.7. The van der Waals surface area contributed by atoms with Crippen molar-refractivity contribution in [2.75, 3.05) is 26.4 Å². The number of aliphatic hydroxyl groups excluding tert-OH is 1. The second-order valence-electron chi connectivity index (χ2n) is 9.68. The molecule has 1 amide bonds. The Labute approximate surface area is 236 Å². The molecule has 9 nitrogen and oxygen atoms in total. The first kappa shape index (κ1) is 37.5. The summed E-state index contributed by atoms with van der Waals surface area (Å²) in [5.41, 5.74) is 0. The quantitative estimate of drug-likeness (QED) is 0.0436. The maximum atomic E-state index is 11.9. The molecule has 0 aliphatic heterocycles. The maximum absolute atomic E-state index is 11.9. The van der Waals surface area contributed by atoms with Gasteiger partial charge in [0.2, 0.25) is 5.91 Å². The molecule has 0 aromatic carbocycles. The van der Waals surface area contributed by atoms with Crippen LogP contribution in [0.5, 0.6) is 0 Å². The van der Waals surface area contributed by atoms with Crippen molar-refractivity contribution in [1.82, 2.24) is 5.32 Å². The molecule has 0 aliphatic rings. The molecule has 0 fully saturated rings. The zero-order valence-electron chi connectivity index (χ0n) is 24.3. The average Bonchev–Trinajstić information content (AvgIpc) is 2.92. The molecular formula is C29H54NO8P. The van der Waals surface area contributed by atoms with E-state index in [1.807, 2.05) is 0 Å². The molecule has 0 saturated carbocycles. The first-order chi connectivity index (χ1) is 18.8. The number of carbonyl (C=O) groups excluding carboxylic acids is 2. The predicted octanol–water partition coefficient (Wildman–Crippen LogP) is 6.53. The number of rotatable bonds is 27. The Morgan fingerprint density at radius 3 is 2.03 bits per heavy atom. The number of hydrogen-bond donors (Lipinski definition) is 3. The average molecular weight is 576 g/mol. The minimum Gasteiger partial charge on any atom is -0.463 e. The number of ether oxygens (including phenoxy) is 1. The molecule has 0 rings (SSSR count). The summed E-state index contributed by atoms with van der Waals surface area (Å²) in [5.74, 6) is -0.618. The molecule has 2 unspecified atom stereocenters. The van der Waals surface area contributed by atoms with Crippen LogP contribution in [0.2, 0.25) is 0 Å². The number of unbranched alkanes of at least 4 members (excludes halogenated alkanes) is 11. The number of carbonyl (C=O) groups is 2. The van der Waals surface area contributed by atoms with Crippen LogP contribution in [0.4, 0.5) is 0 Å². The van der Waals surface area contributed by atoms with Crippen molar-refractivity contribution in [2.45, 2.75) is 123 Å². The van der Waals surface area contributed by atoms with Crippen molar-refractivity contribution in [2.24, 2.45) is 0 Å². The molecule has 0 aliphatic carbocycles. The Hall–Kier alpha value is -1.51. The number of esters is 1. The van der Waals surface area contributed by atoms with Crippen molar-refractivity contribution < 1.29 is 37.9 Å². The lowest BCUT2D eigenvalue weighted by Gasteiger charge is -2.15. The highest BCUT2D eigenvalue weighted by atomic mass is 31.2. The number of nitrogens with one attached hydrogen (secondary N) is 1. The highest BCUT2D eigenvalue weighted by molar-refractivity contribution is 7.47. The van der Waals surface area contributed by atoms with Crippen LogP contribution in [0.3, 0.4) is 0 Å². The number of allylic oxidation sites excluding steroid dienone is 4. The van der Waals surface area contributed by atoms with Gasteiger partial charge in [-0.3, -0.25) is 18.6 Å². The molecular weight excluding hydrogens is 521 g/mol. The molecule has 0 bridgehead atoms. The fraction of sp³-hybridized carbons (Fsp3) is 0.793. The standard InChI is InChI=1S/C29H54NO8P/c1-3-5-6-7-8-9-10-11-12-13-14-15-16-17-18-19-20-21-22-28(32)30-23-24-37-39(34,35)38-26-27(31)25-36-29(33)4-2/h9-10,12-13,27,31H,3-8,11,14-26H2,1-2H3,(H,30,32)(H,34,35)/b10-9-,13-12-. The summed E-state index contributed by atoms with van der Waals surface area (Å²) in [6.45, 7) is 2.86. The Balaban J connectivity index is 3.54. The molecule has 0 heterocycles. The Morgan fingerprint density at radius 1 is 0.821 bits per heavy atom. The van der Waals surface area contributed by atoms with E-state index in [2.05, 4.69) is 41.1 Å². The third-order valence-corrected chi connectivity index (χ3v) is 6.92. The molecule has 39 heavy (non-hydrogen) atoms. The Morgan fingerprint density at radius 2 is 1.41 bits per heavy atom. The van der Waals surface area contributed by atoms with E-state index in [0.29, 0.717) is 6.42 Å². The zero-order chi connectivity index (χ0) is 29.0. The van der Waals surface area contributed by atoms with Gasteiger partial charge in [-0.15, -0.1) is 0 Å². The fourth-order valence-corrected chi connectivity index (χ4v) is 4.38. The van der Waals surface area contributed by atoms with E-state index in [1.54, 1.807) is 6.92 Å². The summed E-state index contributed by atoms with van der Waals surface area (Å²) in [6, 6.07) is 0. The van der Waals surface area contributed by atoms with Crippen LogP contribution in [-0.2, 0) is 27.9 Å². The van der Waals surface area contributed by atoms with Crippen LogP contribution < -0.4 is 5.32 Å². The zero-order valence-corrected chi connectivity index (χ0v) is 25.2. The molecule has 0 radical (unpaired) electrons. The van der Waals surface area contributed by atoms with E-state index in [0.717, 1.165) is 32.1 Å². The van der Waals surface area contributed by atoms with Gasteiger partial charge < -0.3 is 20.1 Å². The minimum absolute atomic E-state index is 0.0766. The highest BCUT2D eigenvalue weighted by Gasteiger charge is 2.23. The third-order valence-electron chi connectivity index (χ3n) is 5.94. The Bertz CT molecular complexity index is 713. The fourth-order valence-electron chi connectivity index (χ4n) is 3.62. The summed E-state index contributed by atoms with van der Waals surface area (Å²) >= 11 is 0. The molecule has 0 aromatic rings. The largest absolute Gasteiger partial charge is 0.472 e. The van der Waals surface area contributed by atoms with Crippen LogP contribution in [0.1, 0.15) is 117 Å². The second kappa shape index (κ2) is 26.7. The van der Waals surface area contributed by atoms with Crippen LogP contribution in [0.25, 0.3) is 0 Å². The monoisotopic (exact) mass is 575 g/mol. The SMILES string of the molecule is CCCCCC/C=C\C/C=C\CCCCCCCCCC(=O)NCCOP(=O)(O)OCC(O)COC(=O)CC. The van der Waals surface area contributed by atoms with Crippen molar-refractivity contribution in [3.8, 4) is 0 Å². The summed E-state index contributed by atoms with van der Waals surface area (Å²) in [5, 5.41) is 12.2. The summed E-state index contributed by atoms with van der Waals surface area (Å²) in [6.07, 6.45) is 24.9. The van der Waals surface area contributed by atoms with Crippen LogP contribution >= 0.6 is 7.82 Å². The van der Waals surface area contributed by atoms with Gasteiger partial charge in [-0.05, 0) is 38.5 Å². The topological polar surface area (TPSA) is 131 Å². The predicted molar refractivity (Wildman–Crippen MR) is 155 cm³/mol. The minimum atomic E-state index is -4.38. The molecule has 3 N–H and O–H groups in total. The van der Waals surface area contributed by atoms with E-state index >= 15 is 0 Å². The summed E-state index contributed by atoms with van der Waals surface area (Å²) in [7, 11) is -4.38. The molecule has 0 aromatic heterocycles. The van der Waals surface area contributed by atoms with E-state index in [-0.39, 0.29) is 32.1 Å². The smallest absolute Gasteiger partial charge is 0.463 e. The normalized spacial score (nSPS) is 14.1. The molecule has 2 atom stereocenters. The summed E-state index contributed by atoms with van der Waals surface area (Å²) in [4.78, 5) is 32.5. The van der Waals surface area contributed by atoms with E-state index in [1.165, 1.54) is 57.8 Å². The maximum Gasteiger partial charge on any atom is 0.472 e. The van der Waals surface area contributed by atoms with Gasteiger partial charge in [0.15, 0.2) is 0 Å². The van der Waals surface area contributed by atoms with Gasteiger partial charge in [0.05, 0.1) is 13.2 Å². The van der Waals surface area contributed by atoms with Gasteiger partial charge in [0.1, 0.15) is 12.7 Å². The van der Waals surface area contributed by atoms with Crippen molar-refractivity contribution in [3.05, 3.63) is 24.3 Å². The van der Waals surface area contributed by atoms with E-state index < -0.39 is 26.5 Å². The number of phosphoric ester groups is 1. The van der Waals surface area contributed by atoms with Crippen LogP contribution in [0.15, 0.2) is 24.3 Å². The number of aliphatic hydroxyl groups is 1. The molecule has 0 saturated heterocycles. The molecule has 0 spiro atoms. The van der Waals surface area contributed by atoms with Gasteiger partial charge in [0.25, 0.3) is 0 Å². The number of hydrogen-bond acceptors (Lipinski definition) is 7. The van der Waals surface area contributed by atoms with Gasteiger partial charge in [-0.2, -0.15) is 0 Å². The van der Waals surface area contributed by atoms with Crippen molar-refractivity contribution in [3.63, 3.8) is 0 Å². The highest BCUT2D eigenvalue weighted by Crippen LogP contribution is 2.42. The van der Waals surface area contributed by atoms with Crippen molar-refractivity contribution >= 4 is 19.7 Å². The number of amides is 1. The van der Waals surface area contributed by atoms with Gasteiger partial charge in [-0.1, -0.05) is 89.5 Å². The van der Waals surface area contributed by atoms with E-state index in [4.69, 9.17) is 9.26 Å². The molecule has 228 valence electrons. The van der Waals surface area contributed by atoms with E-state index in [9.17, 15) is 24.2 Å². The van der Waals surface area contributed by atoms with Gasteiger partial charge >= 0.3 is 13.8 Å². The lowest BCUT2D eigenvalue weighted by molar-refractivity contribution is -0.146. The van der Waals surface area contributed by atoms with Gasteiger partial charge in [-0.25, -0.2) is 4.57 Å². The first-order valence-corrected chi connectivity index (χ1v) is 16.3. The lowest BCUT2D eigenvalue weighted by atomic mass is 10.1. The third kappa shape index (κ3) is 27.8. The van der Waals surface area contributed by atoms with Crippen LogP contribution in [0, 0.1) is 0 Å². The van der Waals surface area contributed by atoms with Gasteiger partial charge in [0, 0.05) is 19.4 Å². The summed E-state index contributed by atoms with van der Waals surface area (Å²) < 4.78 is 25.9.